The third-order valence-electron chi connectivity index (χ3n) is 2.52. The minimum absolute atomic E-state index is 0.364. The highest BCUT2D eigenvalue weighted by Crippen LogP contribution is 2.14. The predicted octanol–water partition coefficient (Wildman–Crippen LogP) is 1.10. The molecule has 5 heteroatoms. The summed E-state index contributed by atoms with van der Waals surface area (Å²) in [6.45, 7) is 2.54. The third-order valence-corrected chi connectivity index (χ3v) is 2.52. The number of nitrogens with one attached hydrogen (secondary N) is 1. The van der Waals surface area contributed by atoms with E-state index in [1.165, 1.54) is 4.90 Å². The molecule has 0 aromatic heterocycles. The van der Waals surface area contributed by atoms with Gasteiger partial charge in [0, 0.05) is 6.61 Å². The highest BCUT2D eigenvalue weighted by atomic mass is 16.5. The van der Waals surface area contributed by atoms with E-state index in [1.807, 2.05) is 30.3 Å². The maximum atomic E-state index is 11.6. The van der Waals surface area contributed by atoms with Crippen LogP contribution in [0, 0.1) is 0 Å². The highest BCUT2D eigenvalue weighted by Gasteiger charge is 2.38. The van der Waals surface area contributed by atoms with Gasteiger partial charge in [0.25, 0.3) is 5.91 Å². The zero-order valence-corrected chi connectivity index (χ0v) is 9.55. The van der Waals surface area contributed by atoms with Gasteiger partial charge in [0.15, 0.2) is 0 Å². The molecule has 1 heterocycles. The number of nitrogens with zero attached hydrogens (tertiary/aromatic N) is 1. The molecule has 90 valence electrons. The van der Waals surface area contributed by atoms with Crippen LogP contribution in [0.1, 0.15) is 12.5 Å². The smallest absolute Gasteiger partial charge is 0.326 e. The van der Waals surface area contributed by atoms with Crippen molar-refractivity contribution in [3.63, 3.8) is 0 Å². The maximum Gasteiger partial charge on any atom is 0.326 e. The summed E-state index contributed by atoms with van der Waals surface area (Å²) in [6.07, 6.45) is -0.812. The van der Waals surface area contributed by atoms with Gasteiger partial charge in [-0.15, -0.1) is 0 Å². The molecule has 1 aromatic rings. The van der Waals surface area contributed by atoms with E-state index in [0.29, 0.717) is 13.2 Å². The SMILES string of the molecule is CCO[C@H]1C(=O)NC(=O)N1Cc1ccccc1. The molecule has 0 aliphatic carbocycles. The Morgan fingerprint density at radius 2 is 2.00 bits per heavy atom. The summed E-state index contributed by atoms with van der Waals surface area (Å²) in [5, 5.41) is 2.25. The van der Waals surface area contributed by atoms with Crippen LogP contribution in [-0.2, 0) is 16.1 Å². The van der Waals surface area contributed by atoms with Crippen LogP contribution in [0.15, 0.2) is 30.3 Å². The minimum atomic E-state index is -0.812. The van der Waals surface area contributed by atoms with E-state index in [0.717, 1.165) is 5.56 Å². The molecule has 0 bridgehead atoms. The zero-order valence-electron chi connectivity index (χ0n) is 9.55. The summed E-state index contributed by atoms with van der Waals surface area (Å²) >= 11 is 0. The predicted molar refractivity (Wildman–Crippen MR) is 60.9 cm³/mol. The van der Waals surface area contributed by atoms with Gasteiger partial charge in [-0.05, 0) is 12.5 Å². The van der Waals surface area contributed by atoms with Crippen LogP contribution in [-0.4, -0.2) is 29.7 Å². The van der Waals surface area contributed by atoms with Crippen molar-refractivity contribution in [1.29, 1.82) is 0 Å². The molecule has 3 amide bonds. The van der Waals surface area contributed by atoms with E-state index < -0.39 is 18.2 Å². The lowest BCUT2D eigenvalue weighted by molar-refractivity contribution is -0.135. The van der Waals surface area contributed by atoms with Crippen molar-refractivity contribution >= 4 is 11.9 Å². The Balaban J connectivity index is 2.12. The van der Waals surface area contributed by atoms with E-state index in [4.69, 9.17) is 4.74 Å². The number of carbonyl (C=O) groups excluding carboxylic acids is 2. The first kappa shape index (κ1) is 11.6. The fourth-order valence-corrected chi connectivity index (χ4v) is 1.75. The second kappa shape index (κ2) is 4.97. The Hall–Kier alpha value is -1.88. The molecule has 1 aliphatic heterocycles. The van der Waals surface area contributed by atoms with Crippen LogP contribution < -0.4 is 5.32 Å². The van der Waals surface area contributed by atoms with E-state index in [-0.39, 0.29) is 0 Å². The summed E-state index contributed by atoms with van der Waals surface area (Å²) in [7, 11) is 0. The van der Waals surface area contributed by atoms with Gasteiger partial charge >= 0.3 is 6.03 Å². The molecule has 1 fully saturated rings. The molecule has 1 atom stereocenters. The van der Waals surface area contributed by atoms with Crippen LogP contribution in [0.25, 0.3) is 0 Å². The van der Waals surface area contributed by atoms with Crippen LogP contribution in [0.3, 0.4) is 0 Å². The Labute approximate surface area is 99.4 Å². The van der Waals surface area contributed by atoms with Gasteiger partial charge in [-0.25, -0.2) is 4.79 Å². The lowest BCUT2D eigenvalue weighted by atomic mass is 10.2. The number of imide groups is 1. The average molecular weight is 234 g/mol. The van der Waals surface area contributed by atoms with Crippen molar-refractivity contribution in [2.24, 2.45) is 0 Å². The fourth-order valence-electron chi connectivity index (χ4n) is 1.75. The van der Waals surface area contributed by atoms with Gasteiger partial charge < -0.3 is 4.74 Å². The number of urea groups is 1. The van der Waals surface area contributed by atoms with Crippen molar-refractivity contribution in [2.45, 2.75) is 19.7 Å². The molecule has 0 saturated carbocycles. The third kappa shape index (κ3) is 2.45. The first-order valence-electron chi connectivity index (χ1n) is 5.49. The Kier molecular flexibility index (Phi) is 3.39. The average Bonchev–Trinajstić information content (AvgIpc) is 2.58. The molecule has 1 saturated heterocycles. The highest BCUT2D eigenvalue weighted by molar-refractivity contribution is 6.03. The summed E-state index contributed by atoms with van der Waals surface area (Å²) in [6, 6.07) is 9.08. The number of rotatable bonds is 4. The quantitative estimate of drug-likeness (QED) is 0.794. The van der Waals surface area contributed by atoms with E-state index in [1.54, 1.807) is 6.92 Å². The maximum absolute atomic E-state index is 11.6. The summed E-state index contributed by atoms with van der Waals surface area (Å²) in [5.74, 6) is -0.396. The lowest BCUT2D eigenvalue weighted by Gasteiger charge is -2.21. The first-order valence-corrected chi connectivity index (χ1v) is 5.49. The van der Waals surface area contributed by atoms with Crippen LogP contribution in [0.2, 0.25) is 0 Å². The first-order chi connectivity index (χ1) is 8.22. The molecule has 0 unspecified atom stereocenters. The van der Waals surface area contributed by atoms with E-state index in [9.17, 15) is 9.59 Å². The Morgan fingerprint density at radius 1 is 1.29 bits per heavy atom. The molecular weight excluding hydrogens is 220 g/mol. The Morgan fingerprint density at radius 3 is 2.65 bits per heavy atom. The normalized spacial score (nSPS) is 19.6. The van der Waals surface area contributed by atoms with Gasteiger partial charge in [0.2, 0.25) is 6.23 Å². The minimum Gasteiger partial charge on any atom is -0.350 e. The standard InChI is InChI=1S/C12H14N2O3/c1-2-17-11-10(15)13-12(16)14(11)8-9-6-4-3-5-7-9/h3-7,11H,2,8H2,1H3,(H,13,15,16)/t11-/m0/s1. The monoisotopic (exact) mass is 234 g/mol. The second-order valence-corrected chi connectivity index (χ2v) is 3.72. The van der Waals surface area contributed by atoms with Crippen molar-refractivity contribution in [1.82, 2.24) is 10.2 Å². The van der Waals surface area contributed by atoms with Crippen molar-refractivity contribution in [2.75, 3.05) is 6.61 Å². The van der Waals surface area contributed by atoms with Crippen molar-refractivity contribution < 1.29 is 14.3 Å². The fraction of sp³-hybridized carbons (Fsp3) is 0.333. The van der Waals surface area contributed by atoms with E-state index >= 15 is 0 Å². The van der Waals surface area contributed by atoms with Gasteiger partial charge in [0.05, 0.1) is 6.54 Å². The molecule has 0 spiro atoms. The largest absolute Gasteiger partial charge is 0.350 e. The number of ether oxygens (including phenoxy) is 1. The zero-order chi connectivity index (χ0) is 12.3. The number of carbonyl (C=O) groups is 2. The van der Waals surface area contributed by atoms with Gasteiger partial charge in [-0.3, -0.25) is 15.0 Å². The summed E-state index contributed by atoms with van der Waals surface area (Å²) in [4.78, 5) is 24.5. The number of benzene rings is 1. The van der Waals surface area contributed by atoms with E-state index in [2.05, 4.69) is 5.32 Å². The summed E-state index contributed by atoms with van der Waals surface area (Å²) in [5.41, 5.74) is 0.960. The lowest BCUT2D eigenvalue weighted by Crippen LogP contribution is -2.36. The van der Waals surface area contributed by atoms with Crippen molar-refractivity contribution in [3.8, 4) is 0 Å². The van der Waals surface area contributed by atoms with Gasteiger partial charge in [-0.2, -0.15) is 0 Å². The molecule has 1 aliphatic rings. The number of hydrogen-bond acceptors (Lipinski definition) is 3. The summed E-state index contributed by atoms with van der Waals surface area (Å²) < 4.78 is 5.26. The van der Waals surface area contributed by atoms with Crippen LogP contribution in [0.4, 0.5) is 4.79 Å². The molecule has 5 nitrogen and oxygen atoms in total. The van der Waals surface area contributed by atoms with Gasteiger partial charge in [-0.1, -0.05) is 30.3 Å². The van der Waals surface area contributed by atoms with Crippen LogP contribution in [0.5, 0.6) is 0 Å². The number of hydrogen-bond donors (Lipinski definition) is 1. The van der Waals surface area contributed by atoms with Crippen molar-refractivity contribution in [3.05, 3.63) is 35.9 Å². The second-order valence-electron chi connectivity index (χ2n) is 3.72. The molecule has 1 N–H and O–H groups in total. The molecular formula is C12H14N2O3. The molecule has 2 rings (SSSR count). The molecule has 0 radical (unpaired) electrons. The topological polar surface area (TPSA) is 58.6 Å². The van der Waals surface area contributed by atoms with Crippen LogP contribution >= 0.6 is 0 Å². The molecule has 1 aromatic carbocycles. The Bertz CT molecular complexity index is 419. The van der Waals surface area contributed by atoms with Gasteiger partial charge in [0.1, 0.15) is 0 Å². The molecule has 17 heavy (non-hydrogen) atoms. The number of amides is 3.